The van der Waals surface area contributed by atoms with Gasteiger partial charge in [-0.15, -0.1) is 0 Å². The molecule has 0 aliphatic heterocycles. The fourth-order valence-corrected chi connectivity index (χ4v) is 4.01. The zero-order chi connectivity index (χ0) is 17.9. The van der Waals surface area contributed by atoms with Crippen LogP contribution in [0.25, 0.3) is 0 Å². The van der Waals surface area contributed by atoms with E-state index in [2.05, 4.69) is 30.8 Å². The molecule has 1 fully saturated rings. The molecule has 1 aliphatic carbocycles. The van der Waals surface area contributed by atoms with E-state index in [0.29, 0.717) is 22.7 Å². The van der Waals surface area contributed by atoms with Crippen molar-refractivity contribution in [3.63, 3.8) is 0 Å². The van der Waals surface area contributed by atoms with Gasteiger partial charge in [0.05, 0.1) is 12.7 Å². The number of carbonyl (C=O) groups excluding carboxylic acids is 1. The van der Waals surface area contributed by atoms with E-state index in [4.69, 9.17) is 16.3 Å². The van der Waals surface area contributed by atoms with Gasteiger partial charge in [-0.2, -0.15) is 0 Å². The largest absolute Gasteiger partial charge is 0.465 e. The molecule has 24 heavy (non-hydrogen) atoms. The van der Waals surface area contributed by atoms with Crippen LogP contribution in [-0.4, -0.2) is 50.7 Å². The molecule has 0 atom stereocenters. The number of carbonyl (C=O) groups is 1. The second-order valence-corrected chi connectivity index (χ2v) is 7.24. The van der Waals surface area contributed by atoms with E-state index in [1.165, 1.54) is 20.0 Å². The summed E-state index contributed by atoms with van der Waals surface area (Å²) in [5.41, 5.74) is 2.56. The van der Waals surface area contributed by atoms with Gasteiger partial charge in [-0.1, -0.05) is 11.6 Å². The molecule has 5 heteroatoms. The lowest BCUT2D eigenvalue weighted by Gasteiger charge is -2.40. The Morgan fingerprint density at radius 1 is 1.21 bits per heavy atom. The Morgan fingerprint density at radius 3 is 2.29 bits per heavy atom. The Hall–Kier alpha value is -1.26. The fraction of sp³-hybridized carbons (Fsp3) is 0.632. The van der Waals surface area contributed by atoms with Crippen molar-refractivity contribution in [2.75, 3.05) is 32.6 Å². The summed E-state index contributed by atoms with van der Waals surface area (Å²) in [6.07, 6.45) is 4.74. The third-order valence-corrected chi connectivity index (χ3v) is 5.46. The molecular formula is C19H29ClN2O2. The molecular weight excluding hydrogens is 324 g/mol. The molecule has 2 rings (SSSR count). The van der Waals surface area contributed by atoms with Crippen molar-refractivity contribution in [3.8, 4) is 0 Å². The van der Waals surface area contributed by atoms with Gasteiger partial charge in [-0.3, -0.25) is 0 Å². The molecule has 1 saturated carbocycles. The minimum absolute atomic E-state index is 0.330. The number of halogens is 1. The van der Waals surface area contributed by atoms with Gasteiger partial charge in [0.2, 0.25) is 0 Å². The number of rotatable bonds is 5. The number of nitrogens with zero attached hydrogens (tertiary/aromatic N) is 2. The van der Waals surface area contributed by atoms with E-state index >= 15 is 0 Å². The van der Waals surface area contributed by atoms with E-state index in [1.807, 2.05) is 13.0 Å². The summed E-state index contributed by atoms with van der Waals surface area (Å²) in [5, 5.41) is 0.580. The average Bonchev–Trinajstić information content (AvgIpc) is 2.58. The zero-order valence-corrected chi connectivity index (χ0v) is 16.2. The molecule has 1 aromatic carbocycles. The third kappa shape index (κ3) is 4.04. The highest BCUT2D eigenvalue weighted by molar-refractivity contribution is 6.31. The van der Waals surface area contributed by atoms with Crippen LogP contribution in [0.1, 0.15) is 48.5 Å². The first-order chi connectivity index (χ1) is 11.4. The third-order valence-electron chi connectivity index (χ3n) is 5.24. The lowest BCUT2D eigenvalue weighted by atomic mass is 9.89. The van der Waals surface area contributed by atoms with Gasteiger partial charge in [-0.05, 0) is 71.3 Å². The van der Waals surface area contributed by atoms with Crippen LogP contribution in [0, 0.1) is 6.92 Å². The molecule has 1 aliphatic rings. The maximum absolute atomic E-state index is 12.0. The Labute approximate surface area is 150 Å². The summed E-state index contributed by atoms with van der Waals surface area (Å²) in [6.45, 7) is 5.04. The van der Waals surface area contributed by atoms with E-state index in [1.54, 1.807) is 6.07 Å². The number of anilines is 1. The van der Waals surface area contributed by atoms with Crippen LogP contribution in [0.3, 0.4) is 0 Å². The maximum Gasteiger partial charge on any atom is 0.338 e. The Balaban J connectivity index is 2.28. The topological polar surface area (TPSA) is 32.8 Å². The normalized spacial score (nSPS) is 21.0. The molecule has 0 spiro atoms. The van der Waals surface area contributed by atoms with Gasteiger partial charge in [0, 0.05) is 29.3 Å². The van der Waals surface area contributed by atoms with Gasteiger partial charge < -0.3 is 14.5 Å². The first kappa shape index (κ1) is 19.1. The molecule has 0 N–H and O–H groups in total. The van der Waals surface area contributed by atoms with Crippen LogP contribution < -0.4 is 4.90 Å². The highest BCUT2D eigenvalue weighted by atomic mass is 35.5. The Bertz CT molecular complexity index is 581. The van der Waals surface area contributed by atoms with Crippen molar-refractivity contribution in [3.05, 3.63) is 28.3 Å². The van der Waals surface area contributed by atoms with Crippen LogP contribution in [-0.2, 0) is 4.74 Å². The average molecular weight is 353 g/mol. The van der Waals surface area contributed by atoms with Gasteiger partial charge in [-0.25, -0.2) is 4.79 Å². The molecule has 0 radical (unpaired) electrons. The smallest absolute Gasteiger partial charge is 0.338 e. The molecule has 0 heterocycles. The summed E-state index contributed by atoms with van der Waals surface area (Å²) in [5.74, 6) is -0.330. The van der Waals surface area contributed by atoms with Gasteiger partial charge in [0.15, 0.2) is 0 Å². The Kier molecular flexibility index (Phi) is 6.53. The molecule has 4 nitrogen and oxygen atoms in total. The predicted octanol–water partition coefficient (Wildman–Crippen LogP) is 4.13. The van der Waals surface area contributed by atoms with Gasteiger partial charge in [0.25, 0.3) is 0 Å². The summed E-state index contributed by atoms with van der Waals surface area (Å²) < 4.78 is 4.90. The van der Waals surface area contributed by atoms with Crippen LogP contribution in [0.4, 0.5) is 5.69 Å². The van der Waals surface area contributed by atoms with Gasteiger partial charge >= 0.3 is 5.97 Å². The van der Waals surface area contributed by atoms with Crippen LogP contribution in [0.5, 0.6) is 0 Å². The minimum atomic E-state index is -0.330. The van der Waals surface area contributed by atoms with Crippen molar-refractivity contribution >= 4 is 23.3 Å². The molecule has 0 aromatic heterocycles. The lowest BCUT2D eigenvalue weighted by Crippen LogP contribution is -2.42. The lowest BCUT2D eigenvalue weighted by molar-refractivity contribution is 0.0600. The molecule has 134 valence electrons. The number of ether oxygens (including phenoxy) is 1. The van der Waals surface area contributed by atoms with Crippen LogP contribution in [0.15, 0.2) is 12.1 Å². The van der Waals surface area contributed by atoms with E-state index in [0.717, 1.165) is 30.6 Å². The standard InChI is InChI=1S/C19H29ClN2O2/c1-6-22(16-9-7-15(8-10-16)21(3)4)18-12-14(20)11-17(13(18)2)19(23)24-5/h11-12,15-16H,6-10H2,1-5H3/t15-,16-. The Morgan fingerprint density at radius 2 is 1.79 bits per heavy atom. The van der Waals surface area contributed by atoms with Crippen molar-refractivity contribution in [2.24, 2.45) is 0 Å². The molecule has 1 aromatic rings. The predicted molar refractivity (Wildman–Crippen MR) is 100 cm³/mol. The molecule has 0 saturated heterocycles. The quantitative estimate of drug-likeness (QED) is 0.746. The molecule has 0 bridgehead atoms. The number of hydrogen-bond acceptors (Lipinski definition) is 4. The van der Waals surface area contributed by atoms with Crippen molar-refractivity contribution in [1.82, 2.24) is 4.90 Å². The van der Waals surface area contributed by atoms with E-state index < -0.39 is 0 Å². The van der Waals surface area contributed by atoms with E-state index in [-0.39, 0.29) is 5.97 Å². The van der Waals surface area contributed by atoms with Crippen molar-refractivity contribution in [2.45, 2.75) is 51.6 Å². The van der Waals surface area contributed by atoms with Gasteiger partial charge in [0.1, 0.15) is 0 Å². The highest BCUT2D eigenvalue weighted by Gasteiger charge is 2.28. The van der Waals surface area contributed by atoms with Crippen molar-refractivity contribution < 1.29 is 9.53 Å². The van der Waals surface area contributed by atoms with Crippen LogP contribution in [0.2, 0.25) is 5.02 Å². The summed E-state index contributed by atoms with van der Waals surface area (Å²) in [7, 11) is 5.72. The number of hydrogen-bond donors (Lipinski definition) is 0. The first-order valence-electron chi connectivity index (χ1n) is 8.70. The van der Waals surface area contributed by atoms with Crippen LogP contribution >= 0.6 is 11.6 Å². The zero-order valence-electron chi connectivity index (χ0n) is 15.4. The monoisotopic (exact) mass is 352 g/mol. The fourth-order valence-electron chi connectivity index (χ4n) is 3.80. The highest BCUT2D eigenvalue weighted by Crippen LogP contribution is 2.34. The summed E-state index contributed by atoms with van der Waals surface area (Å²) >= 11 is 6.29. The SMILES string of the molecule is CCN(c1cc(Cl)cc(C(=O)OC)c1C)[C@H]1CC[C@H](N(C)C)CC1. The summed E-state index contributed by atoms with van der Waals surface area (Å²) in [4.78, 5) is 16.8. The molecule has 0 unspecified atom stereocenters. The number of benzene rings is 1. The molecule has 0 amide bonds. The first-order valence-corrected chi connectivity index (χ1v) is 9.08. The second kappa shape index (κ2) is 8.21. The number of esters is 1. The minimum Gasteiger partial charge on any atom is -0.465 e. The maximum atomic E-state index is 12.0. The van der Waals surface area contributed by atoms with E-state index in [9.17, 15) is 4.79 Å². The summed E-state index contributed by atoms with van der Waals surface area (Å²) in [6, 6.07) is 4.84. The second-order valence-electron chi connectivity index (χ2n) is 6.80. The number of methoxy groups -OCH3 is 1. The van der Waals surface area contributed by atoms with Crippen molar-refractivity contribution in [1.29, 1.82) is 0 Å².